The van der Waals surface area contributed by atoms with Crippen molar-refractivity contribution in [2.75, 3.05) is 33.4 Å². The van der Waals surface area contributed by atoms with Gasteiger partial charge in [0.1, 0.15) is 24.2 Å². The topological polar surface area (TPSA) is 41.9 Å². The lowest BCUT2D eigenvalue weighted by molar-refractivity contribution is 0.0536. The number of hydrogen-bond donors (Lipinski definition) is 1. The molecule has 0 amide bonds. The Bertz CT molecular complexity index is 416. The highest BCUT2D eigenvalue weighted by atomic mass is 35.5. The molecule has 1 N–H and O–H groups in total. The number of likely N-dealkylation sites (tertiary alicyclic amines) is 1. The minimum absolute atomic E-state index is 0. The predicted octanol–water partition coefficient (Wildman–Crippen LogP) is 2.59. The van der Waals surface area contributed by atoms with E-state index in [2.05, 4.69) is 11.8 Å². The van der Waals surface area contributed by atoms with Crippen molar-refractivity contribution in [3.05, 3.63) is 24.3 Å². The van der Waals surface area contributed by atoms with Gasteiger partial charge in [0.15, 0.2) is 0 Å². The van der Waals surface area contributed by atoms with Crippen molar-refractivity contribution >= 4 is 12.4 Å². The lowest BCUT2D eigenvalue weighted by Gasteiger charge is -2.32. The number of benzene rings is 1. The number of aliphatic hydroxyl groups is 1. The van der Waals surface area contributed by atoms with Gasteiger partial charge < -0.3 is 19.5 Å². The summed E-state index contributed by atoms with van der Waals surface area (Å²) in [5, 5.41) is 10.1. The minimum Gasteiger partial charge on any atom is -0.497 e. The first-order chi connectivity index (χ1) is 9.67. The van der Waals surface area contributed by atoms with Gasteiger partial charge in [-0.1, -0.05) is 13.0 Å². The smallest absolute Gasteiger partial charge is 0.123 e. The maximum atomic E-state index is 10.1. The van der Waals surface area contributed by atoms with E-state index >= 15 is 0 Å². The van der Waals surface area contributed by atoms with Crippen LogP contribution >= 0.6 is 12.4 Å². The van der Waals surface area contributed by atoms with Crippen molar-refractivity contribution in [2.45, 2.75) is 25.9 Å². The molecule has 2 rings (SSSR count). The van der Waals surface area contributed by atoms with Crippen LogP contribution in [0.25, 0.3) is 0 Å². The Kier molecular flexibility index (Phi) is 7.86. The fourth-order valence-corrected chi connectivity index (χ4v) is 2.69. The van der Waals surface area contributed by atoms with Gasteiger partial charge in [-0.15, -0.1) is 12.4 Å². The summed E-state index contributed by atoms with van der Waals surface area (Å²) in [7, 11) is 1.63. The number of β-amino-alcohol motifs (C(OH)–C–C–N with tert-alkyl or cyclic N) is 1. The van der Waals surface area contributed by atoms with Crippen molar-refractivity contribution in [1.82, 2.24) is 4.90 Å². The lowest BCUT2D eigenvalue weighted by atomic mass is 10.0. The van der Waals surface area contributed by atoms with E-state index < -0.39 is 6.10 Å². The third-order valence-corrected chi connectivity index (χ3v) is 3.69. The van der Waals surface area contributed by atoms with Crippen molar-refractivity contribution in [1.29, 1.82) is 0 Å². The molecule has 0 aromatic heterocycles. The van der Waals surface area contributed by atoms with Crippen LogP contribution in [0.4, 0.5) is 0 Å². The standard InChI is InChI=1S/C16H25NO3.ClH/c1-13-5-4-8-17(10-13)11-14(18)12-20-16-7-3-6-15(9-16)19-2;/h3,6-7,9,13-14,18H,4-5,8,10-12H2,1-2H3;1H. The lowest BCUT2D eigenvalue weighted by Crippen LogP contribution is -2.41. The average molecular weight is 316 g/mol. The van der Waals surface area contributed by atoms with Gasteiger partial charge in [0, 0.05) is 19.2 Å². The SMILES string of the molecule is COc1cccc(OCC(O)CN2CCCC(C)C2)c1.Cl. The molecule has 5 heteroatoms. The largest absolute Gasteiger partial charge is 0.497 e. The van der Waals surface area contributed by atoms with Gasteiger partial charge in [0.05, 0.1) is 7.11 Å². The first-order valence-corrected chi connectivity index (χ1v) is 7.34. The molecule has 2 atom stereocenters. The van der Waals surface area contributed by atoms with Crippen LogP contribution in [0.3, 0.4) is 0 Å². The molecule has 2 unspecified atom stereocenters. The van der Waals surface area contributed by atoms with Gasteiger partial charge in [-0.2, -0.15) is 0 Å². The fourth-order valence-electron chi connectivity index (χ4n) is 2.69. The Hall–Kier alpha value is -0.970. The van der Waals surface area contributed by atoms with Gasteiger partial charge in [-0.25, -0.2) is 0 Å². The number of methoxy groups -OCH3 is 1. The van der Waals surface area contributed by atoms with Crippen LogP contribution in [0.1, 0.15) is 19.8 Å². The van der Waals surface area contributed by atoms with E-state index in [0.717, 1.165) is 30.5 Å². The van der Waals surface area contributed by atoms with E-state index in [-0.39, 0.29) is 12.4 Å². The Balaban J connectivity index is 0.00000220. The molecule has 21 heavy (non-hydrogen) atoms. The molecule has 0 radical (unpaired) electrons. The first-order valence-electron chi connectivity index (χ1n) is 7.34. The third-order valence-electron chi connectivity index (χ3n) is 3.69. The maximum Gasteiger partial charge on any atom is 0.123 e. The highest BCUT2D eigenvalue weighted by Gasteiger charge is 2.19. The fraction of sp³-hybridized carbons (Fsp3) is 0.625. The van der Waals surface area contributed by atoms with E-state index in [1.165, 1.54) is 12.8 Å². The van der Waals surface area contributed by atoms with Gasteiger partial charge >= 0.3 is 0 Å². The number of hydrogen-bond acceptors (Lipinski definition) is 4. The minimum atomic E-state index is -0.452. The molecule has 120 valence electrons. The molecule has 0 saturated carbocycles. The van der Waals surface area contributed by atoms with E-state index in [9.17, 15) is 5.11 Å². The molecule has 0 aliphatic carbocycles. The second kappa shape index (κ2) is 9.13. The molecule has 0 spiro atoms. The molecule has 0 bridgehead atoms. The zero-order valence-electron chi connectivity index (χ0n) is 12.8. The summed E-state index contributed by atoms with van der Waals surface area (Å²) in [5.74, 6) is 2.23. The molecule has 1 heterocycles. The first kappa shape index (κ1) is 18.1. The van der Waals surface area contributed by atoms with E-state index in [4.69, 9.17) is 9.47 Å². The number of ether oxygens (including phenoxy) is 2. The van der Waals surface area contributed by atoms with E-state index in [0.29, 0.717) is 13.2 Å². The number of aliphatic hydroxyl groups excluding tert-OH is 1. The third kappa shape index (κ3) is 6.12. The molecule has 1 aromatic rings. The van der Waals surface area contributed by atoms with Crippen LogP contribution < -0.4 is 9.47 Å². The second-order valence-electron chi connectivity index (χ2n) is 5.65. The van der Waals surface area contributed by atoms with E-state index in [1.807, 2.05) is 24.3 Å². The Morgan fingerprint density at radius 3 is 2.86 bits per heavy atom. The summed E-state index contributed by atoms with van der Waals surface area (Å²) in [4.78, 5) is 2.33. The van der Waals surface area contributed by atoms with Gasteiger partial charge in [-0.05, 0) is 37.4 Å². The summed E-state index contributed by atoms with van der Waals surface area (Å²) in [5.41, 5.74) is 0. The van der Waals surface area contributed by atoms with Crippen LogP contribution in [0.15, 0.2) is 24.3 Å². The molecule has 1 fully saturated rings. The van der Waals surface area contributed by atoms with Crippen LogP contribution in [-0.4, -0.2) is 49.5 Å². The highest BCUT2D eigenvalue weighted by Crippen LogP contribution is 2.19. The van der Waals surface area contributed by atoms with Crippen molar-refractivity contribution < 1.29 is 14.6 Å². The second-order valence-corrected chi connectivity index (χ2v) is 5.65. The number of nitrogens with zero attached hydrogens (tertiary/aromatic N) is 1. The van der Waals surface area contributed by atoms with Gasteiger partial charge in [-0.3, -0.25) is 0 Å². The van der Waals surface area contributed by atoms with Crippen LogP contribution in [0, 0.1) is 5.92 Å². The summed E-state index contributed by atoms with van der Waals surface area (Å²) in [6.07, 6.45) is 2.07. The zero-order chi connectivity index (χ0) is 14.4. The summed E-state index contributed by atoms with van der Waals surface area (Å²) in [6.45, 7) is 5.44. The Morgan fingerprint density at radius 2 is 2.14 bits per heavy atom. The predicted molar refractivity (Wildman–Crippen MR) is 86.6 cm³/mol. The number of piperidine rings is 1. The zero-order valence-corrected chi connectivity index (χ0v) is 13.6. The quantitative estimate of drug-likeness (QED) is 0.876. The van der Waals surface area contributed by atoms with Crippen LogP contribution in [0.2, 0.25) is 0 Å². The molecular formula is C16H26ClNO3. The van der Waals surface area contributed by atoms with Gasteiger partial charge in [0.2, 0.25) is 0 Å². The van der Waals surface area contributed by atoms with Crippen molar-refractivity contribution in [2.24, 2.45) is 5.92 Å². The summed E-state index contributed by atoms with van der Waals surface area (Å²) >= 11 is 0. The summed E-state index contributed by atoms with van der Waals surface area (Å²) < 4.78 is 10.8. The van der Waals surface area contributed by atoms with Crippen molar-refractivity contribution in [3.63, 3.8) is 0 Å². The Labute approximate surface area is 133 Å². The molecule has 1 aliphatic heterocycles. The molecule has 1 aromatic carbocycles. The highest BCUT2D eigenvalue weighted by molar-refractivity contribution is 5.85. The summed E-state index contributed by atoms with van der Waals surface area (Å²) in [6, 6.07) is 7.46. The molecule has 1 aliphatic rings. The van der Waals surface area contributed by atoms with Crippen LogP contribution in [0.5, 0.6) is 11.5 Å². The van der Waals surface area contributed by atoms with E-state index in [1.54, 1.807) is 7.11 Å². The average Bonchev–Trinajstić information content (AvgIpc) is 2.45. The molecule has 4 nitrogen and oxygen atoms in total. The number of rotatable bonds is 6. The normalized spacial score (nSPS) is 20.4. The maximum absolute atomic E-state index is 10.1. The number of halogens is 1. The molecule has 1 saturated heterocycles. The Morgan fingerprint density at radius 1 is 1.38 bits per heavy atom. The monoisotopic (exact) mass is 315 g/mol. The van der Waals surface area contributed by atoms with Crippen LogP contribution in [-0.2, 0) is 0 Å². The van der Waals surface area contributed by atoms with Gasteiger partial charge in [0.25, 0.3) is 0 Å². The molecular weight excluding hydrogens is 290 g/mol. The van der Waals surface area contributed by atoms with Crippen molar-refractivity contribution in [3.8, 4) is 11.5 Å².